The SMILES string of the molecule is CCCCCCCCCCCC[S+]([O-])C(CCCCCCC)C(C)[O]. The third kappa shape index (κ3) is 16.2. The number of hydrogen-bond acceptors (Lipinski definition) is 1. The second kappa shape index (κ2) is 19.0. The molecule has 0 saturated carbocycles. The highest BCUT2D eigenvalue weighted by Crippen LogP contribution is 2.19. The summed E-state index contributed by atoms with van der Waals surface area (Å²) in [6, 6.07) is 0. The molecule has 0 N–H and O–H groups in total. The zero-order valence-corrected chi connectivity index (χ0v) is 18.2. The van der Waals surface area contributed by atoms with Gasteiger partial charge in [-0.05, 0) is 43.8 Å². The van der Waals surface area contributed by atoms with Crippen LogP contribution in [0.15, 0.2) is 0 Å². The van der Waals surface area contributed by atoms with Crippen LogP contribution in [0.2, 0.25) is 0 Å². The van der Waals surface area contributed by atoms with Crippen molar-refractivity contribution in [3.8, 4) is 0 Å². The standard InChI is InChI=1S/C22H45O2S/c1-4-6-8-10-11-12-13-14-16-18-20-25(24)22(21(3)23)19-17-15-9-7-5-2/h21-22H,4-20H2,1-3H3. The topological polar surface area (TPSA) is 43.0 Å². The minimum atomic E-state index is -0.920. The molecule has 0 aliphatic carbocycles. The van der Waals surface area contributed by atoms with Crippen molar-refractivity contribution in [2.75, 3.05) is 5.75 Å². The van der Waals surface area contributed by atoms with Crippen LogP contribution < -0.4 is 0 Å². The van der Waals surface area contributed by atoms with Crippen molar-refractivity contribution in [3.63, 3.8) is 0 Å². The van der Waals surface area contributed by atoms with Gasteiger partial charge in [0.05, 0.1) is 0 Å². The van der Waals surface area contributed by atoms with Gasteiger partial charge in [0, 0.05) is 0 Å². The summed E-state index contributed by atoms with van der Waals surface area (Å²) < 4.78 is 12.5. The third-order valence-corrected chi connectivity index (χ3v) is 7.14. The van der Waals surface area contributed by atoms with Crippen LogP contribution in [0.25, 0.3) is 0 Å². The smallest absolute Gasteiger partial charge is 0.144 e. The first kappa shape index (κ1) is 25.3. The molecule has 0 spiro atoms. The fourth-order valence-electron chi connectivity index (χ4n) is 3.41. The minimum absolute atomic E-state index is 0.125. The van der Waals surface area contributed by atoms with Crippen LogP contribution in [0.1, 0.15) is 124 Å². The van der Waals surface area contributed by atoms with Gasteiger partial charge in [-0.25, -0.2) is 5.11 Å². The van der Waals surface area contributed by atoms with E-state index in [0.717, 1.165) is 25.0 Å². The van der Waals surface area contributed by atoms with Crippen molar-refractivity contribution < 1.29 is 9.66 Å². The average molecular weight is 374 g/mol. The normalized spacial score (nSPS) is 15.2. The molecule has 0 fully saturated rings. The lowest BCUT2D eigenvalue weighted by Crippen LogP contribution is -2.33. The highest BCUT2D eigenvalue weighted by Gasteiger charge is 2.27. The summed E-state index contributed by atoms with van der Waals surface area (Å²) in [6.45, 7) is 6.17. The molecular weight excluding hydrogens is 328 g/mol. The first-order valence-electron chi connectivity index (χ1n) is 11.2. The largest absolute Gasteiger partial charge is 0.616 e. The fourth-order valence-corrected chi connectivity index (χ4v) is 5.06. The number of rotatable bonds is 19. The molecule has 0 heterocycles. The molecule has 2 nitrogen and oxygen atoms in total. The second-order valence-electron chi connectivity index (χ2n) is 7.71. The Balaban J connectivity index is 3.62. The first-order chi connectivity index (χ1) is 12.1. The summed E-state index contributed by atoms with van der Waals surface area (Å²) in [4.78, 5) is 0. The summed E-state index contributed by atoms with van der Waals surface area (Å²) in [7, 11) is 0. The van der Waals surface area contributed by atoms with Gasteiger partial charge in [0.2, 0.25) is 0 Å². The third-order valence-electron chi connectivity index (χ3n) is 5.15. The van der Waals surface area contributed by atoms with Gasteiger partial charge in [-0.3, -0.25) is 0 Å². The molecule has 0 amide bonds. The predicted octanol–water partition coefficient (Wildman–Crippen LogP) is 7.20. The van der Waals surface area contributed by atoms with Gasteiger partial charge in [0.1, 0.15) is 17.1 Å². The maximum Gasteiger partial charge on any atom is 0.144 e. The summed E-state index contributed by atoms with van der Waals surface area (Å²) in [5, 5.41) is 11.8. The second-order valence-corrected chi connectivity index (χ2v) is 9.49. The van der Waals surface area contributed by atoms with E-state index in [9.17, 15) is 9.66 Å². The monoisotopic (exact) mass is 373 g/mol. The Labute approximate surface area is 161 Å². The van der Waals surface area contributed by atoms with Gasteiger partial charge in [-0.2, -0.15) is 0 Å². The van der Waals surface area contributed by atoms with Gasteiger partial charge in [0.15, 0.2) is 0 Å². The van der Waals surface area contributed by atoms with E-state index in [2.05, 4.69) is 13.8 Å². The Morgan fingerprint density at radius 2 is 1.08 bits per heavy atom. The Morgan fingerprint density at radius 1 is 0.680 bits per heavy atom. The summed E-state index contributed by atoms with van der Waals surface area (Å²) in [6.07, 6.45) is 19.2. The molecule has 0 aliphatic rings. The van der Waals surface area contributed by atoms with E-state index in [1.165, 1.54) is 83.5 Å². The molecule has 0 aliphatic heterocycles. The van der Waals surface area contributed by atoms with Gasteiger partial charge >= 0.3 is 0 Å². The lowest BCUT2D eigenvalue weighted by atomic mass is 10.1. The van der Waals surface area contributed by atoms with Gasteiger partial charge in [0.25, 0.3) is 0 Å². The van der Waals surface area contributed by atoms with E-state index in [1.807, 2.05) is 0 Å². The van der Waals surface area contributed by atoms with Crippen molar-refractivity contribution in [2.24, 2.45) is 0 Å². The van der Waals surface area contributed by atoms with E-state index in [4.69, 9.17) is 0 Å². The molecule has 3 unspecified atom stereocenters. The highest BCUT2D eigenvalue weighted by atomic mass is 32.2. The van der Waals surface area contributed by atoms with Gasteiger partial charge < -0.3 is 4.55 Å². The quantitative estimate of drug-likeness (QED) is 0.174. The zero-order chi connectivity index (χ0) is 18.8. The molecule has 0 saturated heterocycles. The van der Waals surface area contributed by atoms with Crippen LogP contribution in [0.3, 0.4) is 0 Å². The maximum absolute atomic E-state index is 12.5. The molecular formula is C22H45O2S. The van der Waals surface area contributed by atoms with E-state index in [0.29, 0.717) is 0 Å². The van der Waals surface area contributed by atoms with Crippen LogP contribution in [0, 0.1) is 0 Å². The average Bonchev–Trinajstić information content (AvgIpc) is 2.59. The lowest BCUT2D eigenvalue weighted by molar-refractivity contribution is 0.0976. The van der Waals surface area contributed by atoms with Crippen LogP contribution in [0.5, 0.6) is 0 Å². The van der Waals surface area contributed by atoms with Gasteiger partial charge in [-0.1, -0.05) is 90.9 Å². The predicted molar refractivity (Wildman–Crippen MR) is 112 cm³/mol. The van der Waals surface area contributed by atoms with Crippen LogP contribution in [-0.2, 0) is 16.3 Å². The van der Waals surface area contributed by atoms with E-state index < -0.39 is 17.3 Å². The highest BCUT2D eigenvalue weighted by molar-refractivity contribution is 7.92. The molecule has 3 atom stereocenters. The Morgan fingerprint density at radius 3 is 1.52 bits per heavy atom. The van der Waals surface area contributed by atoms with Crippen LogP contribution in [-0.4, -0.2) is 21.7 Å². The van der Waals surface area contributed by atoms with Crippen molar-refractivity contribution in [1.82, 2.24) is 0 Å². The van der Waals surface area contributed by atoms with Gasteiger partial charge in [-0.15, -0.1) is 0 Å². The van der Waals surface area contributed by atoms with Crippen molar-refractivity contribution in [1.29, 1.82) is 0 Å². The van der Waals surface area contributed by atoms with Crippen molar-refractivity contribution >= 4 is 11.2 Å². The zero-order valence-electron chi connectivity index (χ0n) is 17.4. The molecule has 0 aromatic heterocycles. The maximum atomic E-state index is 12.5. The lowest BCUT2D eigenvalue weighted by Gasteiger charge is -2.23. The first-order valence-corrected chi connectivity index (χ1v) is 12.5. The molecule has 25 heavy (non-hydrogen) atoms. The molecule has 0 rings (SSSR count). The van der Waals surface area contributed by atoms with E-state index >= 15 is 0 Å². The number of hydrogen-bond donors (Lipinski definition) is 0. The summed E-state index contributed by atoms with van der Waals surface area (Å²) in [5.41, 5.74) is 0. The van der Waals surface area contributed by atoms with Crippen molar-refractivity contribution in [3.05, 3.63) is 0 Å². The molecule has 0 bridgehead atoms. The molecule has 0 aromatic rings. The molecule has 3 heteroatoms. The van der Waals surface area contributed by atoms with E-state index in [-0.39, 0.29) is 5.25 Å². The van der Waals surface area contributed by atoms with Crippen molar-refractivity contribution in [2.45, 2.75) is 135 Å². The number of unbranched alkanes of at least 4 members (excludes halogenated alkanes) is 13. The molecule has 151 valence electrons. The Hall–Kier alpha value is 0.270. The fraction of sp³-hybridized carbons (Fsp3) is 1.00. The molecule has 0 aromatic carbocycles. The minimum Gasteiger partial charge on any atom is -0.616 e. The summed E-state index contributed by atoms with van der Waals surface area (Å²) >= 11 is -0.920. The summed E-state index contributed by atoms with van der Waals surface area (Å²) in [5.74, 6) is 0.739. The van der Waals surface area contributed by atoms with Crippen LogP contribution >= 0.6 is 0 Å². The van der Waals surface area contributed by atoms with E-state index in [1.54, 1.807) is 6.92 Å². The molecule has 1 radical (unpaired) electrons. The Bertz CT molecular complexity index is 258. The Kier molecular flexibility index (Phi) is 19.2. The van der Waals surface area contributed by atoms with Crippen LogP contribution in [0.4, 0.5) is 0 Å².